The number of nitrogens with one attached hydrogen (secondary N) is 1. The summed E-state index contributed by atoms with van der Waals surface area (Å²) < 4.78 is 0. The predicted octanol–water partition coefficient (Wildman–Crippen LogP) is 3.54. The highest BCUT2D eigenvalue weighted by Gasteiger charge is 2.23. The first-order chi connectivity index (χ1) is 13.0. The first kappa shape index (κ1) is 19.1. The van der Waals surface area contributed by atoms with Gasteiger partial charge in [-0.25, -0.2) is 4.98 Å². The smallest absolute Gasteiger partial charge is 0.289 e. The number of hydrogen-bond donors (Lipinski definition) is 1. The Morgan fingerprint density at radius 1 is 1.30 bits per heavy atom. The molecular formula is C19H21ClN4O3. The highest BCUT2D eigenvalue weighted by atomic mass is 35.5. The predicted molar refractivity (Wildman–Crippen MR) is 104 cm³/mol. The standard InChI is InChI=1S/C19H21ClN4O3/c20-17-11-16(24(26)27)12-21-19(17)22-13-18(25)23-8-6-15(7-9-23)10-14-4-2-1-3-5-14/h1-5,11-12,15H,6-10,13H2,(H,21,22). The zero-order valence-corrected chi connectivity index (χ0v) is 15.6. The molecule has 1 aromatic carbocycles. The van der Waals surface area contributed by atoms with E-state index in [9.17, 15) is 14.9 Å². The number of carbonyl (C=O) groups excluding carboxylic acids is 1. The van der Waals surface area contributed by atoms with E-state index in [1.165, 1.54) is 11.6 Å². The van der Waals surface area contributed by atoms with Crippen molar-refractivity contribution < 1.29 is 9.72 Å². The van der Waals surface area contributed by atoms with E-state index in [0.717, 1.165) is 38.5 Å². The first-order valence-corrected chi connectivity index (χ1v) is 9.26. The number of aromatic nitrogens is 1. The molecule has 0 bridgehead atoms. The van der Waals surface area contributed by atoms with Crippen molar-refractivity contribution in [2.24, 2.45) is 5.92 Å². The molecule has 1 N–H and O–H groups in total. The molecule has 142 valence electrons. The van der Waals surface area contributed by atoms with Gasteiger partial charge < -0.3 is 10.2 Å². The maximum atomic E-state index is 12.4. The van der Waals surface area contributed by atoms with Crippen molar-refractivity contribution >= 4 is 29.0 Å². The van der Waals surface area contributed by atoms with Gasteiger partial charge in [0.25, 0.3) is 5.69 Å². The summed E-state index contributed by atoms with van der Waals surface area (Å²) in [6.45, 7) is 1.53. The number of piperidine rings is 1. The lowest BCUT2D eigenvalue weighted by Crippen LogP contribution is -2.41. The van der Waals surface area contributed by atoms with Crippen LogP contribution in [0.4, 0.5) is 11.5 Å². The van der Waals surface area contributed by atoms with Gasteiger partial charge in [0.15, 0.2) is 0 Å². The monoisotopic (exact) mass is 388 g/mol. The molecule has 0 atom stereocenters. The lowest BCUT2D eigenvalue weighted by molar-refractivity contribution is -0.385. The number of nitro groups is 1. The number of hydrogen-bond acceptors (Lipinski definition) is 5. The van der Waals surface area contributed by atoms with Gasteiger partial charge in [-0.15, -0.1) is 0 Å². The van der Waals surface area contributed by atoms with Gasteiger partial charge in [-0.1, -0.05) is 41.9 Å². The number of rotatable bonds is 6. The fourth-order valence-corrected chi connectivity index (χ4v) is 3.49. The zero-order valence-electron chi connectivity index (χ0n) is 14.8. The summed E-state index contributed by atoms with van der Waals surface area (Å²) >= 11 is 5.98. The Balaban J connectivity index is 1.46. The molecule has 8 heteroatoms. The van der Waals surface area contributed by atoms with E-state index in [-0.39, 0.29) is 29.0 Å². The fourth-order valence-electron chi connectivity index (χ4n) is 3.26. The molecule has 1 fully saturated rings. The third kappa shape index (κ3) is 5.17. The maximum Gasteiger partial charge on any atom is 0.289 e. The third-order valence-electron chi connectivity index (χ3n) is 4.78. The highest BCUT2D eigenvalue weighted by molar-refractivity contribution is 6.33. The Morgan fingerprint density at radius 3 is 2.63 bits per heavy atom. The molecule has 1 amide bonds. The van der Waals surface area contributed by atoms with Crippen LogP contribution in [-0.2, 0) is 11.2 Å². The molecule has 0 saturated carbocycles. The van der Waals surface area contributed by atoms with Crippen LogP contribution in [0.15, 0.2) is 42.6 Å². The van der Waals surface area contributed by atoms with Gasteiger partial charge in [0.2, 0.25) is 5.91 Å². The number of pyridine rings is 1. The van der Waals surface area contributed by atoms with Gasteiger partial charge >= 0.3 is 0 Å². The van der Waals surface area contributed by atoms with Crippen LogP contribution < -0.4 is 5.32 Å². The Morgan fingerprint density at radius 2 is 2.00 bits per heavy atom. The second-order valence-corrected chi connectivity index (χ2v) is 7.06. The van der Waals surface area contributed by atoms with Gasteiger partial charge in [0.1, 0.15) is 12.0 Å². The summed E-state index contributed by atoms with van der Waals surface area (Å²) in [6, 6.07) is 11.6. The summed E-state index contributed by atoms with van der Waals surface area (Å²) in [5.41, 5.74) is 1.15. The van der Waals surface area contributed by atoms with Gasteiger partial charge in [0.05, 0.1) is 16.5 Å². The molecule has 1 saturated heterocycles. The summed E-state index contributed by atoms with van der Waals surface area (Å²) in [6.07, 6.45) is 4.13. The molecule has 2 heterocycles. The zero-order chi connectivity index (χ0) is 19.2. The average Bonchev–Trinajstić information content (AvgIpc) is 2.68. The SMILES string of the molecule is O=C(CNc1ncc([N+](=O)[O-])cc1Cl)N1CCC(Cc2ccccc2)CC1. The lowest BCUT2D eigenvalue weighted by Gasteiger charge is -2.32. The molecule has 3 rings (SSSR count). The van der Waals surface area contributed by atoms with Crippen LogP contribution in [0.25, 0.3) is 0 Å². The van der Waals surface area contributed by atoms with Gasteiger partial charge in [-0.2, -0.15) is 0 Å². The minimum Gasteiger partial charge on any atom is -0.360 e. The van der Waals surface area contributed by atoms with Crippen LogP contribution >= 0.6 is 11.6 Å². The van der Waals surface area contributed by atoms with Crippen LogP contribution in [0.1, 0.15) is 18.4 Å². The molecule has 2 aromatic rings. The van der Waals surface area contributed by atoms with E-state index >= 15 is 0 Å². The minimum atomic E-state index is -0.562. The van der Waals surface area contributed by atoms with Crippen LogP contribution in [0.5, 0.6) is 0 Å². The number of nitrogens with zero attached hydrogens (tertiary/aromatic N) is 3. The molecule has 1 aliphatic heterocycles. The number of amides is 1. The van der Waals surface area contributed by atoms with Crippen molar-refractivity contribution in [2.45, 2.75) is 19.3 Å². The van der Waals surface area contributed by atoms with Gasteiger partial charge in [-0.05, 0) is 30.7 Å². The third-order valence-corrected chi connectivity index (χ3v) is 5.07. The number of halogens is 1. The van der Waals surface area contributed by atoms with E-state index in [1.54, 1.807) is 0 Å². The van der Waals surface area contributed by atoms with Crippen molar-refractivity contribution in [3.63, 3.8) is 0 Å². The van der Waals surface area contributed by atoms with E-state index in [1.807, 2.05) is 11.0 Å². The molecule has 0 aliphatic carbocycles. The maximum absolute atomic E-state index is 12.4. The highest BCUT2D eigenvalue weighted by Crippen LogP contribution is 2.24. The molecule has 27 heavy (non-hydrogen) atoms. The molecule has 0 radical (unpaired) electrons. The van der Waals surface area contributed by atoms with Crippen molar-refractivity contribution in [1.82, 2.24) is 9.88 Å². The van der Waals surface area contributed by atoms with E-state index < -0.39 is 4.92 Å². The normalized spacial score (nSPS) is 14.8. The van der Waals surface area contributed by atoms with Crippen molar-refractivity contribution in [2.75, 3.05) is 25.0 Å². The van der Waals surface area contributed by atoms with Crippen molar-refractivity contribution in [1.29, 1.82) is 0 Å². The fraction of sp³-hybridized carbons (Fsp3) is 0.368. The van der Waals surface area contributed by atoms with Crippen LogP contribution in [0.3, 0.4) is 0 Å². The quantitative estimate of drug-likeness (QED) is 0.604. The Bertz CT molecular complexity index is 808. The molecule has 0 unspecified atom stereocenters. The summed E-state index contributed by atoms with van der Waals surface area (Å²) in [5, 5.41) is 13.7. The number of benzene rings is 1. The van der Waals surface area contributed by atoms with Crippen molar-refractivity contribution in [3.8, 4) is 0 Å². The largest absolute Gasteiger partial charge is 0.360 e. The minimum absolute atomic E-state index is 0.0237. The van der Waals surface area contributed by atoms with E-state index in [4.69, 9.17) is 11.6 Å². The second-order valence-electron chi connectivity index (χ2n) is 6.65. The second kappa shape index (κ2) is 8.81. The molecule has 0 spiro atoms. The molecular weight excluding hydrogens is 368 g/mol. The molecule has 7 nitrogen and oxygen atoms in total. The van der Waals surface area contributed by atoms with E-state index in [0.29, 0.717) is 5.92 Å². The van der Waals surface area contributed by atoms with Crippen molar-refractivity contribution in [3.05, 3.63) is 63.3 Å². The number of anilines is 1. The Labute approximate surface area is 162 Å². The summed E-state index contributed by atoms with van der Waals surface area (Å²) in [5.74, 6) is 0.842. The molecule has 1 aromatic heterocycles. The number of likely N-dealkylation sites (tertiary alicyclic amines) is 1. The van der Waals surface area contributed by atoms with Crippen LogP contribution in [0.2, 0.25) is 5.02 Å². The van der Waals surface area contributed by atoms with Gasteiger partial charge in [0, 0.05) is 19.2 Å². The Hall–Kier alpha value is -2.67. The van der Waals surface area contributed by atoms with Crippen LogP contribution in [-0.4, -0.2) is 40.3 Å². The molecule has 1 aliphatic rings. The first-order valence-electron chi connectivity index (χ1n) is 8.88. The van der Waals surface area contributed by atoms with Gasteiger partial charge in [-0.3, -0.25) is 14.9 Å². The van der Waals surface area contributed by atoms with E-state index in [2.05, 4.69) is 34.6 Å². The topological polar surface area (TPSA) is 88.4 Å². The average molecular weight is 389 g/mol. The number of carbonyl (C=O) groups is 1. The van der Waals surface area contributed by atoms with Crippen LogP contribution in [0, 0.1) is 16.0 Å². The lowest BCUT2D eigenvalue weighted by atomic mass is 9.90. The summed E-state index contributed by atoms with van der Waals surface area (Å²) in [4.78, 5) is 28.3. The Kier molecular flexibility index (Phi) is 6.24. The summed E-state index contributed by atoms with van der Waals surface area (Å²) in [7, 11) is 0.